The van der Waals surface area contributed by atoms with E-state index in [9.17, 15) is 0 Å². The molecule has 0 spiro atoms. The van der Waals surface area contributed by atoms with Gasteiger partial charge in [0, 0.05) is 31.2 Å². The summed E-state index contributed by atoms with van der Waals surface area (Å²) in [6, 6.07) is 12.8. The van der Waals surface area contributed by atoms with Crippen molar-refractivity contribution in [1.82, 2.24) is 4.98 Å². The lowest BCUT2D eigenvalue weighted by Crippen LogP contribution is -2.36. The van der Waals surface area contributed by atoms with Gasteiger partial charge in [0.15, 0.2) is 0 Å². The van der Waals surface area contributed by atoms with Crippen molar-refractivity contribution in [3.8, 4) is 11.1 Å². The Labute approximate surface area is 107 Å². The minimum Gasteiger partial charge on any atom is -0.378 e. The molecule has 3 nitrogen and oxygen atoms in total. The van der Waals surface area contributed by atoms with Crippen LogP contribution in [0.15, 0.2) is 48.8 Å². The predicted molar refractivity (Wildman–Crippen MR) is 72.7 cm³/mol. The second kappa shape index (κ2) is 5.19. The van der Waals surface area contributed by atoms with E-state index in [4.69, 9.17) is 4.74 Å². The van der Waals surface area contributed by atoms with Crippen molar-refractivity contribution in [2.45, 2.75) is 0 Å². The molecule has 0 bridgehead atoms. The number of benzene rings is 1. The van der Waals surface area contributed by atoms with Crippen molar-refractivity contribution in [2.75, 3.05) is 31.2 Å². The second-order valence-corrected chi connectivity index (χ2v) is 4.38. The van der Waals surface area contributed by atoms with Gasteiger partial charge in [-0.05, 0) is 35.4 Å². The highest BCUT2D eigenvalue weighted by Crippen LogP contribution is 2.23. The van der Waals surface area contributed by atoms with Crippen LogP contribution in [0.3, 0.4) is 0 Å². The summed E-state index contributed by atoms with van der Waals surface area (Å²) in [7, 11) is 0. The maximum Gasteiger partial charge on any atom is 0.0642 e. The summed E-state index contributed by atoms with van der Waals surface area (Å²) in [4.78, 5) is 6.40. The average Bonchev–Trinajstić information content (AvgIpc) is 2.49. The number of pyridine rings is 1. The van der Waals surface area contributed by atoms with Crippen LogP contribution in [0.2, 0.25) is 0 Å². The predicted octanol–water partition coefficient (Wildman–Crippen LogP) is 2.59. The molecule has 1 aromatic carbocycles. The van der Waals surface area contributed by atoms with Gasteiger partial charge in [-0.1, -0.05) is 12.1 Å². The third-order valence-electron chi connectivity index (χ3n) is 3.26. The topological polar surface area (TPSA) is 25.4 Å². The molecule has 2 aromatic rings. The van der Waals surface area contributed by atoms with Crippen LogP contribution in [0.1, 0.15) is 0 Å². The van der Waals surface area contributed by atoms with Gasteiger partial charge in [0.25, 0.3) is 0 Å². The lowest BCUT2D eigenvalue weighted by atomic mass is 10.1. The van der Waals surface area contributed by atoms with Crippen molar-refractivity contribution in [1.29, 1.82) is 0 Å². The van der Waals surface area contributed by atoms with Crippen LogP contribution in [0.25, 0.3) is 11.1 Å². The highest BCUT2D eigenvalue weighted by Gasteiger charge is 2.10. The Balaban J connectivity index is 1.80. The largest absolute Gasteiger partial charge is 0.378 e. The van der Waals surface area contributed by atoms with Crippen LogP contribution >= 0.6 is 0 Å². The molecule has 0 saturated carbocycles. The number of anilines is 1. The highest BCUT2D eigenvalue weighted by molar-refractivity contribution is 5.65. The van der Waals surface area contributed by atoms with Gasteiger partial charge in [0.2, 0.25) is 0 Å². The van der Waals surface area contributed by atoms with Crippen LogP contribution in [-0.4, -0.2) is 31.3 Å². The molecule has 0 aliphatic carbocycles. The Morgan fingerprint density at radius 3 is 2.11 bits per heavy atom. The maximum absolute atomic E-state index is 5.37. The summed E-state index contributed by atoms with van der Waals surface area (Å²) in [6.07, 6.45) is 3.65. The molecule has 0 unspecified atom stereocenters. The molecular formula is C15H16N2O. The van der Waals surface area contributed by atoms with Crippen LogP contribution in [0, 0.1) is 0 Å². The molecule has 0 atom stereocenters. The van der Waals surface area contributed by atoms with Crippen LogP contribution in [-0.2, 0) is 4.74 Å². The zero-order valence-electron chi connectivity index (χ0n) is 10.2. The fourth-order valence-corrected chi connectivity index (χ4v) is 2.23. The van der Waals surface area contributed by atoms with Gasteiger partial charge in [0.1, 0.15) is 0 Å². The van der Waals surface area contributed by atoms with Crippen molar-refractivity contribution < 1.29 is 4.74 Å². The molecule has 1 aliphatic heterocycles. The van der Waals surface area contributed by atoms with E-state index in [2.05, 4.69) is 34.1 Å². The first-order valence-electron chi connectivity index (χ1n) is 6.27. The number of nitrogens with zero attached hydrogens (tertiary/aromatic N) is 2. The maximum atomic E-state index is 5.37. The van der Waals surface area contributed by atoms with Gasteiger partial charge >= 0.3 is 0 Å². The third-order valence-corrected chi connectivity index (χ3v) is 3.26. The Kier molecular flexibility index (Phi) is 3.24. The molecule has 18 heavy (non-hydrogen) atoms. The first-order chi connectivity index (χ1) is 8.93. The van der Waals surface area contributed by atoms with Gasteiger partial charge in [-0.2, -0.15) is 0 Å². The summed E-state index contributed by atoms with van der Waals surface area (Å²) in [5.74, 6) is 0. The molecule has 0 N–H and O–H groups in total. The van der Waals surface area contributed by atoms with E-state index in [-0.39, 0.29) is 0 Å². The van der Waals surface area contributed by atoms with Crippen molar-refractivity contribution in [3.63, 3.8) is 0 Å². The van der Waals surface area contributed by atoms with E-state index < -0.39 is 0 Å². The normalized spacial score (nSPS) is 15.7. The summed E-state index contributed by atoms with van der Waals surface area (Å²) >= 11 is 0. The van der Waals surface area contributed by atoms with Crippen molar-refractivity contribution >= 4 is 5.69 Å². The molecule has 3 rings (SSSR count). The monoisotopic (exact) mass is 240 g/mol. The first-order valence-corrected chi connectivity index (χ1v) is 6.27. The molecular weight excluding hydrogens is 224 g/mol. The van der Waals surface area contributed by atoms with E-state index in [0.29, 0.717) is 0 Å². The fourth-order valence-electron chi connectivity index (χ4n) is 2.23. The standard InChI is InChI=1S/C15H16N2O/c1-3-15(17-9-11-18-12-10-17)4-2-13(1)14-5-7-16-8-6-14/h1-8H,9-12H2. The van der Waals surface area contributed by atoms with Gasteiger partial charge in [-0.3, -0.25) is 4.98 Å². The fraction of sp³-hybridized carbons (Fsp3) is 0.267. The van der Waals surface area contributed by atoms with Crippen molar-refractivity contribution in [3.05, 3.63) is 48.8 Å². The summed E-state index contributed by atoms with van der Waals surface area (Å²) in [6.45, 7) is 3.61. The number of ether oxygens (including phenoxy) is 1. The minimum absolute atomic E-state index is 0.826. The molecule has 92 valence electrons. The molecule has 1 aliphatic rings. The quantitative estimate of drug-likeness (QED) is 0.806. The van der Waals surface area contributed by atoms with Gasteiger partial charge in [0.05, 0.1) is 13.2 Å². The number of hydrogen-bond acceptors (Lipinski definition) is 3. The zero-order valence-corrected chi connectivity index (χ0v) is 10.2. The highest BCUT2D eigenvalue weighted by atomic mass is 16.5. The molecule has 3 heteroatoms. The van der Waals surface area contributed by atoms with Gasteiger partial charge in [-0.15, -0.1) is 0 Å². The lowest BCUT2D eigenvalue weighted by molar-refractivity contribution is 0.122. The number of hydrogen-bond donors (Lipinski definition) is 0. The smallest absolute Gasteiger partial charge is 0.0642 e. The molecule has 1 saturated heterocycles. The average molecular weight is 240 g/mol. The van der Waals surface area contributed by atoms with E-state index in [1.54, 1.807) is 0 Å². The number of rotatable bonds is 2. The summed E-state index contributed by atoms with van der Waals surface area (Å²) < 4.78 is 5.37. The zero-order chi connectivity index (χ0) is 12.2. The van der Waals surface area contributed by atoms with Crippen LogP contribution in [0.5, 0.6) is 0 Å². The van der Waals surface area contributed by atoms with Crippen LogP contribution < -0.4 is 4.90 Å². The SMILES string of the molecule is c1cc(-c2ccc(N3CCOCC3)cc2)ccn1. The summed E-state index contributed by atoms with van der Waals surface area (Å²) in [5, 5.41) is 0. The Morgan fingerprint density at radius 2 is 1.44 bits per heavy atom. The minimum atomic E-state index is 0.826. The number of morpholine rings is 1. The molecule has 1 aromatic heterocycles. The third kappa shape index (κ3) is 2.36. The Morgan fingerprint density at radius 1 is 0.833 bits per heavy atom. The van der Waals surface area contributed by atoms with E-state index in [1.165, 1.54) is 16.8 Å². The number of aromatic nitrogens is 1. The Bertz CT molecular complexity index is 490. The molecule has 0 radical (unpaired) electrons. The van der Waals surface area contributed by atoms with E-state index >= 15 is 0 Å². The van der Waals surface area contributed by atoms with Gasteiger partial charge in [-0.25, -0.2) is 0 Å². The molecule has 0 amide bonds. The Hall–Kier alpha value is -1.87. The molecule has 1 fully saturated rings. The lowest BCUT2D eigenvalue weighted by Gasteiger charge is -2.28. The second-order valence-electron chi connectivity index (χ2n) is 4.38. The van der Waals surface area contributed by atoms with Crippen molar-refractivity contribution in [2.24, 2.45) is 0 Å². The first kappa shape index (κ1) is 11.2. The van der Waals surface area contributed by atoms with Gasteiger partial charge < -0.3 is 9.64 Å². The van der Waals surface area contributed by atoms with E-state index in [0.717, 1.165) is 26.3 Å². The van der Waals surface area contributed by atoms with E-state index in [1.807, 2.05) is 24.5 Å². The van der Waals surface area contributed by atoms with Crippen LogP contribution in [0.4, 0.5) is 5.69 Å². The molecule has 2 heterocycles. The summed E-state index contributed by atoms with van der Waals surface area (Å²) in [5.41, 5.74) is 3.71.